The lowest BCUT2D eigenvalue weighted by atomic mass is 9.96. The quantitative estimate of drug-likeness (QED) is 0.712. The van der Waals surface area contributed by atoms with Crippen molar-refractivity contribution in [2.24, 2.45) is 5.92 Å². The number of hydrogen-bond donors (Lipinski definition) is 1. The summed E-state index contributed by atoms with van der Waals surface area (Å²) in [4.78, 5) is 3.38. The number of aromatic nitrogens is 1. The van der Waals surface area contributed by atoms with Gasteiger partial charge in [-0.25, -0.2) is 0 Å². The normalized spacial score (nSPS) is 26.2. The van der Waals surface area contributed by atoms with Gasteiger partial charge in [-0.1, -0.05) is 31.5 Å². The van der Waals surface area contributed by atoms with Crippen LogP contribution in [0.5, 0.6) is 0 Å². The molecular formula is C14H17N. The maximum absolute atomic E-state index is 3.38. The molecule has 0 saturated heterocycles. The molecule has 0 aliphatic heterocycles. The van der Waals surface area contributed by atoms with Crippen LogP contribution in [0.25, 0.3) is 10.9 Å². The molecule has 1 heterocycles. The maximum atomic E-state index is 3.38. The highest BCUT2D eigenvalue weighted by molar-refractivity contribution is 5.83. The van der Waals surface area contributed by atoms with Crippen LogP contribution < -0.4 is 0 Å². The molecule has 0 radical (unpaired) electrons. The van der Waals surface area contributed by atoms with Gasteiger partial charge in [0.15, 0.2) is 0 Å². The first kappa shape index (κ1) is 9.02. The van der Waals surface area contributed by atoms with E-state index in [2.05, 4.69) is 42.4 Å². The fourth-order valence-corrected chi connectivity index (χ4v) is 2.92. The van der Waals surface area contributed by atoms with E-state index < -0.39 is 0 Å². The van der Waals surface area contributed by atoms with Crippen molar-refractivity contribution in [3.05, 3.63) is 36.0 Å². The molecule has 2 atom stereocenters. The molecule has 1 aromatic carbocycles. The summed E-state index contributed by atoms with van der Waals surface area (Å²) in [6.45, 7) is 2.37. The topological polar surface area (TPSA) is 15.8 Å². The number of fused-ring (bicyclic) bond motifs is 1. The molecule has 1 aromatic heterocycles. The van der Waals surface area contributed by atoms with Crippen LogP contribution in [0.2, 0.25) is 0 Å². The van der Waals surface area contributed by atoms with Gasteiger partial charge in [-0.3, -0.25) is 0 Å². The van der Waals surface area contributed by atoms with Crippen molar-refractivity contribution in [2.75, 3.05) is 0 Å². The maximum Gasteiger partial charge on any atom is 0.0456 e. The Morgan fingerprint density at radius 1 is 1.20 bits per heavy atom. The van der Waals surface area contributed by atoms with Crippen LogP contribution in [0.1, 0.15) is 37.7 Å². The van der Waals surface area contributed by atoms with Gasteiger partial charge in [0.2, 0.25) is 0 Å². The van der Waals surface area contributed by atoms with E-state index in [-0.39, 0.29) is 0 Å². The molecule has 1 aliphatic carbocycles. The van der Waals surface area contributed by atoms with Crippen molar-refractivity contribution in [3.63, 3.8) is 0 Å². The Morgan fingerprint density at radius 2 is 2.07 bits per heavy atom. The lowest BCUT2D eigenvalue weighted by molar-refractivity contribution is 0.597. The summed E-state index contributed by atoms with van der Waals surface area (Å²) in [5.74, 6) is 1.69. The van der Waals surface area contributed by atoms with Crippen LogP contribution in [0, 0.1) is 5.92 Å². The molecule has 2 unspecified atom stereocenters. The standard InChI is InChI=1S/C14H17N/c1-10-6-7-11(8-10)13-9-15-14-5-3-2-4-12(13)14/h2-5,9-11,15H,6-8H2,1H3. The van der Waals surface area contributed by atoms with E-state index in [9.17, 15) is 0 Å². The average Bonchev–Trinajstić information content (AvgIpc) is 2.83. The van der Waals surface area contributed by atoms with E-state index in [0.717, 1.165) is 11.8 Å². The molecular weight excluding hydrogens is 182 g/mol. The molecule has 1 heteroatoms. The molecule has 1 fully saturated rings. The fourth-order valence-electron chi connectivity index (χ4n) is 2.92. The Bertz CT molecular complexity index is 469. The van der Waals surface area contributed by atoms with Gasteiger partial charge in [0.05, 0.1) is 0 Å². The summed E-state index contributed by atoms with van der Waals surface area (Å²) in [6.07, 6.45) is 6.34. The van der Waals surface area contributed by atoms with Gasteiger partial charge >= 0.3 is 0 Å². The van der Waals surface area contributed by atoms with Crippen LogP contribution in [-0.2, 0) is 0 Å². The van der Waals surface area contributed by atoms with Crippen LogP contribution in [0.15, 0.2) is 30.5 Å². The zero-order chi connectivity index (χ0) is 10.3. The summed E-state index contributed by atoms with van der Waals surface area (Å²) >= 11 is 0. The van der Waals surface area contributed by atoms with Gasteiger partial charge in [0, 0.05) is 17.1 Å². The first-order valence-corrected chi connectivity index (χ1v) is 5.90. The summed E-state index contributed by atoms with van der Waals surface area (Å²) < 4.78 is 0. The lowest BCUT2D eigenvalue weighted by Crippen LogP contribution is -1.91. The lowest BCUT2D eigenvalue weighted by Gasteiger charge is -2.07. The molecule has 0 amide bonds. The van der Waals surface area contributed by atoms with Gasteiger partial charge in [-0.05, 0) is 36.3 Å². The van der Waals surface area contributed by atoms with Gasteiger partial charge < -0.3 is 4.98 Å². The van der Waals surface area contributed by atoms with Crippen molar-refractivity contribution in [2.45, 2.75) is 32.1 Å². The van der Waals surface area contributed by atoms with Crippen LogP contribution in [-0.4, -0.2) is 4.98 Å². The highest BCUT2D eigenvalue weighted by Gasteiger charge is 2.24. The predicted octanol–water partition coefficient (Wildman–Crippen LogP) is 4.07. The van der Waals surface area contributed by atoms with Gasteiger partial charge in [0.25, 0.3) is 0 Å². The monoisotopic (exact) mass is 199 g/mol. The molecule has 0 bridgehead atoms. The second-order valence-corrected chi connectivity index (χ2v) is 4.90. The third kappa shape index (κ3) is 1.46. The molecule has 78 valence electrons. The summed E-state index contributed by atoms with van der Waals surface area (Å²) in [6, 6.07) is 8.64. The second kappa shape index (κ2) is 3.41. The SMILES string of the molecule is CC1CCC(c2c[nH]c3ccccc23)C1. The second-order valence-electron chi connectivity index (χ2n) is 4.90. The largest absolute Gasteiger partial charge is 0.361 e. The van der Waals surface area contributed by atoms with E-state index in [1.54, 1.807) is 0 Å². The summed E-state index contributed by atoms with van der Waals surface area (Å²) in [5.41, 5.74) is 2.82. The first-order valence-electron chi connectivity index (χ1n) is 5.90. The molecule has 1 saturated carbocycles. The van der Waals surface area contributed by atoms with Crippen LogP contribution in [0.4, 0.5) is 0 Å². The summed E-state index contributed by atoms with van der Waals surface area (Å²) in [7, 11) is 0. The van der Waals surface area contributed by atoms with E-state index in [0.29, 0.717) is 0 Å². The number of aromatic amines is 1. The molecule has 3 rings (SSSR count). The average molecular weight is 199 g/mol. The van der Waals surface area contributed by atoms with Crippen LogP contribution >= 0.6 is 0 Å². The Balaban J connectivity index is 2.04. The van der Waals surface area contributed by atoms with Crippen molar-refractivity contribution < 1.29 is 0 Å². The van der Waals surface area contributed by atoms with Crippen molar-refractivity contribution in [3.8, 4) is 0 Å². The smallest absolute Gasteiger partial charge is 0.0456 e. The van der Waals surface area contributed by atoms with Crippen molar-refractivity contribution in [1.82, 2.24) is 4.98 Å². The Kier molecular flexibility index (Phi) is 2.05. The van der Waals surface area contributed by atoms with E-state index in [1.165, 1.54) is 35.7 Å². The number of nitrogens with one attached hydrogen (secondary N) is 1. The number of H-pyrrole nitrogens is 1. The number of benzene rings is 1. The minimum Gasteiger partial charge on any atom is -0.361 e. The number of rotatable bonds is 1. The first-order chi connectivity index (χ1) is 7.34. The molecule has 1 N–H and O–H groups in total. The fraction of sp³-hybridized carbons (Fsp3) is 0.429. The van der Waals surface area contributed by atoms with Crippen molar-refractivity contribution in [1.29, 1.82) is 0 Å². The molecule has 2 aromatic rings. The zero-order valence-corrected chi connectivity index (χ0v) is 9.16. The molecule has 1 aliphatic rings. The molecule has 1 nitrogen and oxygen atoms in total. The van der Waals surface area contributed by atoms with Gasteiger partial charge in [-0.15, -0.1) is 0 Å². The predicted molar refractivity (Wildman–Crippen MR) is 64.1 cm³/mol. The molecule has 0 spiro atoms. The minimum absolute atomic E-state index is 0.788. The Labute approximate surface area is 90.5 Å². The third-order valence-corrected chi connectivity index (χ3v) is 3.76. The van der Waals surface area contributed by atoms with Crippen LogP contribution in [0.3, 0.4) is 0 Å². The minimum atomic E-state index is 0.788. The Morgan fingerprint density at radius 3 is 2.87 bits per heavy atom. The molecule has 15 heavy (non-hydrogen) atoms. The van der Waals surface area contributed by atoms with Gasteiger partial charge in [0.1, 0.15) is 0 Å². The van der Waals surface area contributed by atoms with E-state index in [4.69, 9.17) is 0 Å². The van der Waals surface area contributed by atoms with E-state index in [1.807, 2.05) is 0 Å². The number of hydrogen-bond acceptors (Lipinski definition) is 0. The zero-order valence-electron chi connectivity index (χ0n) is 9.16. The van der Waals surface area contributed by atoms with Crippen molar-refractivity contribution >= 4 is 10.9 Å². The Hall–Kier alpha value is -1.24. The highest BCUT2D eigenvalue weighted by atomic mass is 14.7. The van der Waals surface area contributed by atoms with E-state index >= 15 is 0 Å². The third-order valence-electron chi connectivity index (χ3n) is 3.76. The highest BCUT2D eigenvalue weighted by Crippen LogP contribution is 2.40. The summed E-state index contributed by atoms with van der Waals surface area (Å²) in [5, 5.41) is 1.43. The number of para-hydroxylation sites is 1. The van der Waals surface area contributed by atoms with Gasteiger partial charge in [-0.2, -0.15) is 0 Å².